The van der Waals surface area contributed by atoms with E-state index >= 15 is 0 Å². The first-order chi connectivity index (χ1) is 14.7. The molecule has 4 aromatic rings. The quantitative estimate of drug-likeness (QED) is 0.354. The Morgan fingerprint density at radius 2 is 1.27 bits per heavy atom. The molecule has 30 heavy (non-hydrogen) atoms. The summed E-state index contributed by atoms with van der Waals surface area (Å²) in [6.45, 7) is 7.15. The van der Waals surface area contributed by atoms with Gasteiger partial charge in [-0.05, 0) is 59.4 Å². The highest BCUT2D eigenvalue weighted by molar-refractivity contribution is 5.62. The molecule has 2 heteroatoms. The second kappa shape index (κ2) is 9.51. The number of benzene rings is 3. The Kier molecular flexibility index (Phi) is 6.36. The maximum absolute atomic E-state index is 4.11. The number of hydrogen-bond acceptors (Lipinski definition) is 2. The zero-order chi connectivity index (χ0) is 20.8. The number of aryl methyl sites for hydroxylation is 2. The van der Waals surface area contributed by atoms with Crippen molar-refractivity contribution >= 4 is 0 Å². The maximum Gasteiger partial charge on any atom is 0.0273 e. The van der Waals surface area contributed by atoms with Gasteiger partial charge in [0, 0.05) is 32.0 Å². The summed E-state index contributed by atoms with van der Waals surface area (Å²) in [4.78, 5) is 6.64. The molecule has 150 valence electrons. The Bertz CT molecular complexity index is 1070. The van der Waals surface area contributed by atoms with E-state index in [9.17, 15) is 0 Å². The molecule has 0 bridgehead atoms. The smallest absolute Gasteiger partial charge is 0.0273 e. The van der Waals surface area contributed by atoms with Crippen LogP contribution < -0.4 is 0 Å². The lowest BCUT2D eigenvalue weighted by atomic mass is 10.0. The van der Waals surface area contributed by atoms with Gasteiger partial charge in [-0.1, -0.05) is 78.4 Å². The fourth-order valence-corrected chi connectivity index (χ4v) is 3.88. The Morgan fingerprint density at radius 1 is 0.633 bits per heavy atom. The van der Waals surface area contributed by atoms with E-state index in [1.807, 2.05) is 12.4 Å². The van der Waals surface area contributed by atoms with Gasteiger partial charge in [-0.15, -0.1) is 0 Å². The number of aromatic nitrogens is 1. The molecular formula is C28H28N2. The van der Waals surface area contributed by atoms with Gasteiger partial charge in [0.05, 0.1) is 0 Å². The number of nitrogens with zero attached hydrogens (tertiary/aromatic N) is 2. The molecule has 4 rings (SSSR count). The van der Waals surface area contributed by atoms with Gasteiger partial charge in [-0.25, -0.2) is 0 Å². The van der Waals surface area contributed by atoms with E-state index in [0.717, 1.165) is 19.6 Å². The first kappa shape index (κ1) is 20.1. The number of rotatable bonds is 7. The van der Waals surface area contributed by atoms with Crippen LogP contribution in [0.1, 0.15) is 27.8 Å². The molecule has 0 amide bonds. The highest BCUT2D eigenvalue weighted by Gasteiger charge is 2.10. The molecule has 0 radical (unpaired) electrons. The number of pyridine rings is 1. The van der Waals surface area contributed by atoms with Crippen LogP contribution in [0.5, 0.6) is 0 Å². The van der Waals surface area contributed by atoms with E-state index in [1.54, 1.807) is 0 Å². The van der Waals surface area contributed by atoms with Crippen molar-refractivity contribution in [1.82, 2.24) is 9.88 Å². The van der Waals surface area contributed by atoms with Gasteiger partial charge in [0.2, 0.25) is 0 Å². The lowest BCUT2D eigenvalue weighted by Gasteiger charge is -2.24. The van der Waals surface area contributed by atoms with Crippen LogP contribution >= 0.6 is 0 Å². The Labute approximate surface area is 179 Å². The van der Waals surface area contributed by atoms with Crippen molar-refractivity contribution in [3.05, 3.63) is 125 Å². The van der Waals surface area contributed by atoms with E-state index in [1.165, 1.54) is 38.9 Å². The third kappa shape index (κ3) is 5.22. The topological polar surface area (TPSA) is 16.1 Å². The first-order valence-electron chi connectivity index (χ1n) is 10.5. The molecular weight excluding hydrogens is 364 g/mol. The average molecular weight is 393 g/mol. The summed E-state index contributed by atoms with van der Waals surface area (Å²) in [5.41, 5.74) is 9.17. The van der Waals surface area contributed by atoms with Crippen molar-refractivity contribution in [2.45, 2.75) is 33.5 Å². The predicted octanol–water partition coefficient (Wildman–Crippen LogP) is 6.57. The van der Waals surface area contributed by atoms with Crippen LogP contribution in [0.4, 0.5) is 0 Å². The molecule has 0 atom stereocenters. The summed E-state index contributed by atoms with van der Waals surface area (Å²) in [6.07, 6.45) is 3.68. The van der Waals surface area contributed by atoms with E-state index in [2.05, 4.69) is 109 Å². The lowest BCUT2D eigenvalue weighted by Crippen LogP contribution is -2.23. The molecule has 1 heterocycles. The minimum atomic E-state index is 0.916. The van der Waals surface area contributed by atoms with Gasteiger partial charge in [0.1, 0.15) is 0 Å². The Morgan fingerprint density at radius 3 is 1.93 bits per heavy atom. The predicted molar refractivity (Wildman–Crippen MR) is 125 cm³/mol. The van der Waals surface area contributed by atoms with Gasteiger partial charge >= 0.3 is 0 Å². The van der Waals surface area contributed by atoms with Crippen molar-refractivity contribution in [3.8, 4) is 11.1 Å². The molecule has 0 unspecified atom stereocenters. The first-order valence-corrected chi connectivity index (χ1v) is 10.5. The summed E-state index contributed by atoms with van der Waals surface area (Å²) >= 11 is 0. The standard InChI is InChI=1S/C28H28N2/c1-22-8-11-28(23(2)18-22)21-30(19-24-6-4-3-5-7-24)20-25-9-12-26(13-10-25)27-14-16-29-17-15-27/h3-18H,19-21H2,1-2H3. The van der Waals surface area contributed by atoms with Gasteiger partial charge in [-0.2, -0.15) is 0 Å². The zero-order valence-corrected chi connectivity index (χ0v) is 17.8. The summed E-state index contributed by atoms with van der Waals surface area (Å²) in [5.74, 6) is 0. The van der Waals surface area contributed by atoms with Crippen LogP contribution in [0.2, 0.25) is 0 Å². The molecule has 0 aliphatic rings. The average Bonchev–Trinajstić information content (AvgIpc) is 2.77. The van der Waals surface area contributed by atoms with Crippen LogP contribution in [-0.2, 0) is 19.6 Å². The van der Waals surface area contributed by atoms with Crippen molar-refractivity contribution in [3.63, 3.8) is 0 Å². The van der Waals surface area contributed by atoms with E-state index in [0.29, 0.717) is 0 Å². The van der Waals surface area contributed by atoms with Crippen molar-refractivity contribution in [2.75, 3.05) is 0 Å². The largest absolute Gasteiger partial charge is 0.291 e. The summed E-state index contributed by atoms with van der Waals surface area (Å²) < 4.78 is 0. The normalized spacial score (nSPS) is 11.0. The third-order valence-electron chi connectivity index (χ3n) is 5.51. The molecule has 0 saturated heterocycles. The Hall–Kier alpha value is -3.23. The summed E-state index contributed by atoms with van der Waals surface area (Å²) in [5, 5.41) is 0. The van der Waals surface area contributed by atoms with E-state index in [-0.39, 0.29) is 0 Å². The molecule has 3 aromatic carbocycles. The Balaban J connectivity index is 1.54. The highest BCUT2D eigenvalue weighted by atomic mass is 15.1. The van der Waals surface area contributed by atoms with Crippen molar-refractivity contribution < 1.29 is 0 Å². The fourth-order valence-electron chi connectivity index (χ4n) is 3.88. The van der Waals surface area contributed by atoms with Crippen LogP contribution in [0.3, 0.4) is 0 Å². The van der Waals surface area contributed by atoms with Gasteiger partial charge in [0.15, 0.2) is 0 Å². The minimum Gasteiger partial charge on any atom is -0.291 e. The second-order valence-electron chi connectivity index (χ2n) is 7.99. The number of hydrogen-bond donors (Lipinski definition) is 0. The van der Waals surface area contributed by atoms with Crippen LogP contribution in [0.25, 0.3) is 11.1 Å². The SMILES string of the molecule is Cc1ccc(CN(Cc2ccccc2)Cc2ccc(-c3ccncc3)cc2)c(C)c1. The summed E-state index contributed by atoms with van der Waals surface area (Å²) in [6, 6.07) is 30.5. The zero-order valence-electron chi connectivity index (χ0n) is 17.8. The van der Waals surface area contributed by atoms with Crippen LogP contribution in [0, 0.1) is 13.8 Å². The van der Waals surface area contributed by atoms with Crippen LogP contribution in [0.15, 0.2) is 97.3 Å². The minimum absolute atomic E-state index is 0.916. The molecule has 0 N–H and O–H groups in total. The molecule has 1 aromatic heterocycles. The van der Waals surface area contributed by atoms with E-state index < -0.39 is 0 Å². The van der Waals surface area contributed by atoms with E-state index in [4.69, 9.17) is 0 Å². The maximum atomic E-state index is 4.11. The molecule has 0 fully saturated rings. The van der Waals surface area contributed by atoms with Gasteiger partial charge in [-0.3, -0.25) is 9.88 Å². The summed E-state index contributed by atoms with van der Waals surface area (Å²) in [7, 11) is 0. The van der Waals surface area contributed by atoms with Gasteiger partial charge in [0.25, 0.3) is 0 Å². The van der Waals surface area contributed by atoms with Crippen molar-refractivity contribution in [1.29, 1.82) is 0 Å². The van der Waals surface area contributed by atoms with Crippen LogP contribution in [-0.4, -0.2) is 9.88 Å². The molecule has 2 nitrogen and oxygen atoms in total. The third-order valence-corrected chi connectivity index (χ3v) is 5.51. The highest BCUT2D eigenvalue weighted by Crippen LogP contribution is 2.21. The monoisotopic (exact) mass is 392 g/mol. The fraction of sp³-hybridized carbons (Fsp3) is 0.179. The second-order valence-corrected chi connectivity index (χ2v) is 7.99. The molecule has 0 aliphatic heterocycles. The molecule has 0 saturated carbocycles. The van der Waals surface area contributed by atoms with Crippen molar-refractivity contribution in [2.24, 2.45) is 0 Å². The van der Waals surface area contributed by atoms with Gasteiger partial charge < -0.3 is 0 Å². The molecule has 0 aliphatic carbocycles. The lowest BCUT2D eigenvalue weighted by molar-refractivity contribution is 0.247. The molecule has 0 spiro atoms.